The van der Waals surface area contributed by atoms with Crippen LogP contribution in [0.2, 0.25) is 0 Å². The highest BCUT2D eigenvalue weighted by Crippen LogP contribution is 2.63. The van der Waals surface area contributed by atoms with E-state index in [0.717, 1.165) is 51.4 Å². The molecule has 1 N–H and O–H groups in total. The largest absolute Gasteiger partial charge is 0.396 e. The highest BCUT2D eigenvalue weighted by atomic mass is 17.3. The van der Waals surface area contributed by atoms with E-state index >= 15 is 0 Å². The summed E-state index contributed by atoms with van der Waals surface area (Å²) in [5, 5.41) is 10.8. The van der Waals surface area contributed by atoms with Crippen molar-refractivity contribution in [2.45, 2.75) is 153 Å². The fraction of sp³-hybridized carbons (Fsp3) is 1.00. The van der Waals surface area contributed by atoms with Crippen LogP contribution in [0.25, 0.3) is 0 Å². The van der Waals surface area contributed by atoms with Gasteiger partial charge in [-0.25, -0.2) is 19.6 Å². The molecule has 244 valence electrons. The van der Waals surface area contributed by atoms with Crippen LogP contribution in [0.1, 0.15) is 106 Å². The molecule has 8 aliphatic heterocycles. The van der Waals surface area contributed by atoms with Crippen molar-refractivity contribution in [3.05, 3.63) is 0 Å². The lowest BCUT2D eigenvalue weighted by atomic mass is 9.56. The van der Waals surface area contributed by atoms with Crippen LogP contribution in [0.5, 0.6) is 0 Å². The maximum Gasteiger partial charge on any atom is 0.201 e. The molecule has 0 aromatic rings. The molecule has 4 bridgehead atoms. The first-order chi connectivity index (χ1) is 20.5. The van der Waals surface area contributed by atoms with E-state index < -0.39 is 35.4 Å². The van der Waals surface area contributed by atoms with Gasteiger partial charge in [0.25, 0.3) is 0 Å². The molecular weight excluding hydrogens is 552 g/mol. The van der Waals surface area contributed by atoms with E-state index in [1.807, 2.05) is 13.8 Å². The van der Waals surface area contributed by atoms with Gasteiger partial charge in [0.2, 0.25) is 11.6 Å². The van der Waals surface area contributed by atoms with Crippen LogP contribution in [0.3, 0.4) is 0 Å². The molecule has 10 rings (SSSR count). The third-order valence-corrected chi connectivity index (χ3v) is 14.0. The maximum absolute atomic E-state index is 10.8. The molecule has 10 fully saturated rings. The van der Waals surface area contributed by atoms with Gasteiger partial charge in [-0.1, -0.05) is 27.7 Å². The van der Waals surface area contributed by atoms with Crippen LogP contribution in [0.4, 0.5) is 0 Å². The van der Waals surface area contributed by atoms with Crippen molar-refractivity contribution in [2.24, 2.45) is 53.3 Å². The first-order valence-electron chi connectivity index (χ1n) is 17.5. The van der Waals surface area contributed by atoms with Crippen molar-refractivity contribution in [1.29, 1.82) is 0 Å². The summed E-state index contributed by atoms with van der Waals surface area (Å²) in [5.41, 5.74) is -1.12. The topological polar surface area (TPSA) is 94.1 Å². The monoisotopic (exact) mass is 606 g/mol. The van der Waals surface area contributed by atoms with E-state index in [1.165, 1.54) is 12.8 Å². The van der Waals surface area contributed by atoms with Crippen LogP contribution in [0.15, 0.2) is 0 Å². The SMILES string of the molecule is C[C@H]1[C@@H](CC(CO)C[C@H]2O[C@@H]3OC4(C)CC[C@H]5[C@H](C)CC[C@@H]([C@H]2C)[C@@]35OO4)O[C@@H]2OC3(C)CC[C@H]4[C@H](C)CC[C@@H]1[C@@]24OO3. The predicted molar refractivity (Wildman–Crippen MR) is 153 cm³/mol. The molecule has 43 heavy (non-hydrogen) atoms. The van der Waals surface area contributed by atoms with Crippen LogP contribution < -0.4 is 0 Å². The van der Waals surface area contributed by atoms with E-state index in [9.17, 15) is 5.11 Å². The van der Waals surface area contributed by atoms with Gasteiger partial charge < -0.3 is 24.1 Å². The van der Waals surface area contributed by atoms with E-state index in [0.29, 0.717) is 23.7 Å². The van der Waals surface area contributed by atoms with Gasteiger partial charge in [0.05, 0.1) is 12.2 Å². The van der Waals surface area contributed by atoms with Crippen molar-refractivity contribution < 1.29 is 43.6 Å². The van der Waals surface area contributed by atoms with Gasteiger partial charge in [-0.15, -0.1) is 0 Å². The molecule has 9 heteroatoms. The lowest BCUT2D eigenvalue weighted by Crippen LogP contribution is -2.70. The Morgan fingerprint density at radius 1 is 0.605 bits per heavy atom. The molecule has 9 nitrogen and oxygen atoms in total. The summed E-state index contributed by atoms with van der Waals surface area (Å²) in [6.07, 6.45) is 8.74. The molecule has 2 spiro atoms. The summed E-state index contributed by atoms with van der Waals surface area (Å²) < 4.78 is 27.0. The fourth-order valence-corrected chi connectivity index (χ4v) is 11.4. The third kappa shape index (κ3) is 4.28. The summed E-state index contributed by atoms with van der Waals surface area (Å²) in [6, 6.07) is 0. The van der Waals surface area contributed by atoms with Gasteiger partial charge in [-0.3, -0.25) is 0 Å². The number of aliphatic hydroxyl groups excluding tert-OH is 1. The molecule has 10 aliphatic rings. The lowest BCUT2D eigenvalue weighted by molar-refractivity contribution is -0.571. The van der Waals surface area contributed by atoms with Gasteiger partial charge in [0.15, 0.2) is 23.8 Å². The summed E-state index contributed by atoms with van der Waals surface area (Å²) >= 11 is 0. The van der Waals surface area contributed by atoms with Gasteiger partial charge in [0, 0.05) is 31.3 Å². The minimum atomic E-state index is -0.782. The Bertz CT molecular complexity index is 994. The predicted octanol–water partition coefficient (Wildman–Crippen LogP) is 5.88. The molecule has 16 atom stereocenters. The minimum Gasteiger partial charge on any atom is -0.396 e. The summed E-state index contributed by atoms with van der Waals surface area (Å²) in [5.74, 6) is 1.35. The van der Waals surface area contributed by atoms with Gasteiger partial charge >= 0.3 is 0 Å². The second-order valence-corrected chi connectivity index (χ2v) is 16.4. The number of aliphatic hydroxyl groups is 1. The number of rotatable bonds is 5. The average molecular weight is 607 g/mol. The Morgan fingerprint density at radius 2 is 1.05 bits per heavy atom. The van der Waals surface area contributed by atoms with Crippen LogP contribution in [-0.4, -0.2) is 59.3 Å². The maximum atomic E-state index is 10.8. The quantitative estimate of drug-likeness (QED) is 0.385. The third-order valence-electron chi connectivity index (χ3n) is 14.0. The van der Waals surface area contributed by atoms with E-state index in [1.54, 1.807) is 0 Å². The van der Waals surface area contributed by atoms with E-state index in [-0.39, 0.29) is 48.4 Å². The lowest BCUT2D eigenvalue weighted by Gasteiger charge is -2.61. The highest BCUT2D eigenvalue weighted by Gasteiger charge is 2.71. The molecule has 8 saturated heterocycles. The van der Waals surface area contributed by atoms with Crippen molar-refractivity contribution in [3.8, 4) is 0 Å². The Labute approximate surface area is 256 Å². The Hall–Kier alpha value is -0.360. The average Bonchev–Trinajstić information content (AvgIpc) is 3.35. The molecule has 0 aromatic carbocycles. The van der Waals surface area contributed by atoms with Crippen molar-refractivity contribution in [3.63, 3.8) is 0 Å². The van der Waals surface area contributed by atoms with Gasteiger partial charge in [-0.05, 0) is 107 Å². The first-order valence-corrected chi connectivity index (χ1v) is 17.5. The highest BCUT2D eigenvalue weighted by molar-refractivity contribution is 5.11. The zero-order chi connectivity index (χ0) is 29.9. The molecule has 2 saturated carbocycles. The number of ether oxygens (including phenoxy) is 4. The molecule has 0 aromatic heterocycles. The molecule has 0 radical (unpaired) electrons. The van der Waals surface area contributed by atoms with Gasteiger partial charge in [-0.2, -0.15) is 0 Å². The molecule has 2 unspecified atom stereocenters. The number of fused-ring (bicyclic) bond motifs is 4. The second kappa shape index (κ2) is 10.3. The van der Waals surface area contributed by atoms with Crippen molar-refractivity contribution >= 4 is 0 Å². The number of hydrogen-bond donors (Lipinski definition) is 1. The Balaban J connectivity index is 1.02. The Kier molecular flexibility index (Phi) is 7.20. The minimum absolute atomic E-state index is 0.0334. The first kappa shape index (κ1) is 30.0. The van der Waals surface area contributed by atoms with Crippen LogP contribution >= 0.6 is 0 Å². The van der Waals surface area contributed by atoms with E-state index in [2.05, 4.69) is 27.7 Å². The molecule has 2 aliphatic carbocycles. The van der Waals surface area contributed by atoms with E-state index in [4.69, 9.17) is 38.5 Å². The Morgan fingerprint density at radius 3 is 1.47 bits per heavy atom. The zero-order valence-corrected chi connectivity index (χ0v) is 27.0. The smallest absolute Gasteiger partial charge is 0.201 e. The van der Waals surface area contributed by atoms with Crippen molar-refractivity contribution in [1.82, 2.24) is 0 Å². The summed E-state index contributed by atoms with van der Waals surface area (Å²) in [7, 11) is 0. The van der Waals surface area contributed by atoms with Gasteiger partial charge in [0.1, 0.15) is 0 Å². The zero-order valence-electron chi connectivity index (χ0n) is 27.0. The summed E-state index contributed by atoms with van der Waals surface area (Å²) in [4.78, 5) is 24.7. The molecule has 0 amide bonds. The second-order valence-electron chi connectivity index (χ2n) is 16.4. The molecular formula is C34H54O9. The summed E-state index contributed by atoms with van der Waals surface area (Å²) in [6.45, 7) is 13.4. The standard InChI is InChI=1S/C34H54O9/c1-18-7-9-25-20(3)27(36-29-33(25)23(18)11-13-31(5,38-29)40-42-33)15-22(17-35)16-28-21(4)26-10-8-19(2)24-12-14-32(6)39-30(37-28)34(24,26)43-41-32/h18-30,35H,7-17H2,1-6H3/t18-,19-,20-,21-,22?,23+,24+,25+,26+,27-,28-,29-,30-,31?,32?,33-,34-/m1/s1. The fourth-order valence-electron chi connectivity index (χ4n) is 11.4. The van der Waals surface area contributed by atoms with Crippen LogP contribution in [-0.2, 0) is 38.5 Å². The van der Waals surface area contributed by atoms with Crippen LogP contribution in [0, 0.1) is 53.3 Å². The normalized spacial score (nSPS) is 59.5. The molecule has 8 heterocycles. The number of hydrogen-bond acceptors (Lipinski definition) is 9. The van der Waals surface area contributed by atoms with Crippen molar-refractivity contribution in [2.75, 3.05) is 6.61 Å².